The molecule has 0 saturated carbocycles. The molecule has 0 bridgehead atoms. The highest BCUT2D eigenvalue weighted by molar-refractivity contribution is 6.31. The van der Waals surface area contributed by atoms with Crippen LogP contribution in [-0.4, -0.2) is 25.5 Å². The molecule has 0 unspecified atom stereocenters. The first-order chi connectivity index (χ1) is 11.1. The van der Waals surface area contributed by atoms with Crippen molar-refractivity contribution in [3.8, 4) is 5.75 Å². The van der Waals surface area contributed by atoms with Gasteiger partial charge >= 0.3 is 0 Å². The highest BCUT2D eigenvalue weighted by Gasteiger charge is 2.12. The number of amides is 2. The molecule has 0 fully saturated rings. The third-order valence-electron chi connectivity index (χ3n) is 3.19. The Morgan fingerprint density at radius 3 is 2.48 bits per heavy atom. The fourth-order valence-electron chi connectivity index (χ4n) is 1.99. The standard InChI is InChI=1S/C17H17ClN2O3/c1-23-15-9-5-3-7-13(15)17(22)20-11-16(21)19-10-12-6-2-4-8-14(12)18/h2-9H,10-11H2,1H3,(H,19,21)(H,20,22). The van der Waals surface area contributed by atoms with E-state index in [0.29, 0.717) is 22.9 Å². The molecule has 6 heteroatoms. The predicted octanol–water partition coefficient (Wildman–Crippen LogP) is 2.39. The van der Waals surface area contributed by atoms with Crippen LogP contribution in [0.25, 0.3) is 0 Å². The van der Waals surface area contributed by atoms with Gasteiger partial charge in [0, 0.05) is 11.6 Å². The van der Waals surface area contributed by atoms with Gasteiger partial charge in [0.15, 0.2) is 0 Å². The van der Waals surface area contributed by atoms with Crippen molar-refractivity contribution in [2.75, 3.05) is 13.7 Å². The minimum absolute atomic E-state index is 0.124. The van der Waals surface area contributed by atoms with Crippen LogP contribution in [0, 0.1) is 0 Å². The lowest BCUT2D eigenvalue weighted by Gasteiger charge is -2.10. The smallest absolute Gasteiger partial charge is 0.255 e. The van der Waals surface area contributed by atoms with Gasteiger partial charge < -0.3 is 15.4 Å². The molecule has 23 heavy (non-hydrogen) atoms. The Labute approximate surface area is 139 Å². The molecule has 2 aromatic carbocycles. The number of carbonyl (C=O) groups excluding carboxylic acids is 2. The molecule has 2 rings (SSSR count). The second-order valence-corrected chi connectivity index (χ2v) is 5.16. The van der Waals surface area contributed by atoms with E-state index < -0.39 is 0 Å². The summed E-state index contributed by atoms with van der Waals surface area (Å²) in [4.78, 5) is 23.9. The maximum absolute atomic E-state index is 12.1. The van der Waals surface area contributed by atoms with E-state index >= 15 is 0 Å². The molecule has 2 N–H and O–H groups in total. The lowest BCUT2D eigenvalue weighted by molar-refractivity contribution is -0.120. The SMILES string of the molecule is COc1ccccc1C(=O)NCC(=O)NCc1ccccc1Cl. The van der Waals surface area contributed by atoms with Crippen LogP contribution < -0.4 is 15.4 Å². The zero-order chi connectivity index (χ0) is 16.7. The van der Waals surface area contributed by atoms with E-state index in [-0.39, 0.29) is 18.4 Å². The summed E-state index contributed by atoms with van der Waals surface area (Å²) >= 11 is 6.01. The molecule has 0 aliphatic rings. The summed E-state index contributed by atoms with van der Waals surface area (Å²) in [7, 11) is 1.49. The lowest BCUT2D eigenvalue weighted by atomic mass is 10.2. The molecule has 0 heterocycles. The number of para-hydroxylation sites is 1. The summed E-state index contributed by atoms with van der Waals surface area (Å²) in [5.41, 5.74) is 1.20. The molecule has 120 valence electrons. The van der Waals surface area contributed by atoms with Gasteiger partial charge in [-0.2, -0.15) is 0 Å². The number of halogens is 1. The molecular weight excluding hydrogens is 316 g/mol. The number of benzene rings is 2. The van der Waals surface area contributed by atoms with Crippen LogP contribution in [0.4, 0.5) is 0 Å². The Kier molecular flexibility index (Phi) is 6.00. The maximum Gasteiger partial charge on any atom is 0.255 e. The molecular formula is C17H17ClN2O3. The number of ether oxygens (including phenoxy) is 1. The topological polar surface area (TPSA) is 67.4 Å². The van der Waals surface area contributed by atoms with Gasteiger partial charge in [0.1, 0.15) is 5.75 Å². The number of hydrogen-bond acceptors (Lipinski definition) is 3. The molecule has 0 aliphatic carbocycles. The summed E-state index contributed by atoms with van der Waals surface area (Å²) in [5.74, 6) is -0.204. The van der Waals surface area contributed by atoms with Gasteiger partial charge in [-0.05, 0) is 23.8 Å². The van der Waals surface area contributed by atoms with Crippen LogP contribution in [0.3, 0.4) is 0 Å². The average Bonchev–Trinajstić information content (AvgIpc) is 2.58. The van der Waals surface area contributed by atoms with Crippen molar-refractivity contribution in [1.82, 2.24) is 10.6 Å². The van der Waals surface area contributed by atoms with Gasteiger partial charge in [-0.3, -0.25) is 9.59 Å². The Morgan fingerprint density at radius 1 is 1.04 bits per heavy atom. The molecule has 0 aliphatic heterocycles. The minimum atomic E-state index is -0.365. The summed E-state index contributed by atoms with van der Waals surface area (Å²) in [6.07, 6.45) is 0. The third-order valence-corrected chi connectivity index (χ3v) is 3.56. The Morgan fingerprint density at radius 2 is 1.74 bits per heavy atom. The first kappa shape index (κ1) is 16.8. The van der Waals surface area contributed by atoms with Crippen molar-refractivity contribution in [2.45, 2.75) is 6.54 Å². The first-order valence-corrected chi connectivity index (χ1v) is 7.41. The van der Waals surface area contributed by atoms with Gasteiger partial charge in [0.25, 0.3) is 5.91 Å². The van der Waals surface area contributed by atoms with E-state index in [1.54, 1.807) is 30.3 Å². The van der Waals surface area contributed by atoms with E-state index in [1.165, 1.54) is 7.11 Å². The molecule has 2 amide bonds. The highest BCUT2D eigenvalue weighted by Crippen LogP contribution is 2.16. The second kappa shape index (κ2) is 8.19. The maximum atomic E-state index is 12.1. The Hall–Kier alpha value is -2.53. The molecule has 0 radical (unpaired) electrons. The fraction of sp³-hybridized carbons (Fsp3) is 0.176. The van der Waals surface area contributed by atoms with Crippen LogP contribution in [-0.2, 0) is 11.3 Å². The van der Waals surface area contributed by atoms with Crippen molar-refractivity contribution in [1.29, 1.82) is 0 Å². The number of methoxy groups -OCH3 is 1. The van der Waals surface area contributed by atoms with Crippen LogP contribution >= 0.6 is 11.6 Å². The summed E-state index contributed by atoms with van der Waals surface area (Å²) in [5, 5.41) is 5.85. The Balaban J connectivity index is 1.84. The summed E-state index contributed by atoms with van der Waals surface area (Å²) < 4.78 is 5.12. The largest absolute Gasteiger partial charge is 0.496 e. The van der Waals surface area contributed by atoms with E-state index in [2.05, 4.69) is 10.6 Å². The number of hydrogen-bond donors (Lipinski definition) is 2. The minimum Gasteiger partial charge on any atom is -0.496 e. The molecule has 0 atom stereocenters. The van der Waals surface area contributed by atoms with Crippen LogP contribution in [0.15, 0.2) is 48.5 Å². The normalized spacial score (nSPS) is 10.0. The quantitative estimate of drug-likeness (QED) is 0.853. The zero-order valence-corrected chi connectivity index (χ0v) is 13.4. The second-order valence-electron chi connectivity index (χ2n) is 4.75. The average molecular weight is 333 g/mol. The van der Waals surface area contributed by atoms with Crippen molar-refractivity contribution in [3.63, 3.8) is 0 Å². The fourth-order valence-corrected chi connectivity index (χ4v) is 2.19. The molecule has 0 saturated heterocycles. The van der Waals surface area contributed by atoms with E-state index in [0.717, 1.165) is 5.56 Å². The van der Waals surface area contributed by atoms with Crippen molar-refractivity contribution >= 4 is 23.4 Å². The Bertz CT molecular complexity index is 704. The third kappa shape index (κ3) is 4.72. The van der Waals surface area contributed by atoms with Crippen molar-refractivity contribution in [3.05, 3.63) is 64.7 Å². The monoisotopic (exact) mass is 332 g/mol. The van der Waals surface area contributed by atoms with Crippen LogP contribution in [0.2, 0.25) is 5.02 Å². The van der Waals surface area contributed by atoms with Crippen LogP contribution in [0.1, 0.15) is 15.9 Å². The van der Waals surface area contributed by atoms with Crippen LogP contribution in [0.5, 0.6) is 5.75 Å². The number of rotatable bonds is 6. The highest BCUT2D eigenvalue weighted by atomic mass is 35.5. The van der Waals surface area contributed by atoms with Crippen molar-refractivity contribution < 1.29 is 14.3 Å². The molecule has 2 aromatic rings. The molecule has 0 spiro atoms. The lowest BCUT2D eigenvalue weighted by Crippen LogP contribution is -2.36. The van der Waals surface area contributed by atoms with Gasteiger partial charge in [0.2, 0.25) is 5.91 Å². The summed E-state index contributed by atoms with van der Waals surface area (Å²) in [6, 6.07) is 14.1. The summed E-state index contributed by atoms with van der Waals surface area (Å²) in [6.45, 7) is 0.185. The van der Waals surface area contributed by atoms with E-state index in [9.17, 15) is 9.59 Å². The van der Waals surface area contributed by atoms with E-state index in [1.807, 2.05) is 18.2 Å². The predicted molar refractivity (Wildman–Crippen MR) is 88.6 cm³/mol. The van der Waals surface area contributed by atoms with Gasteiger partial charge in [-0.25, -0.2) is 0 Å². The molecule has 5 nitrogen and oxygen atoms in total. The van der Waals surface area contributed by atoms with E-state index in [4.69, 9.17) is 16.3 Å². The first-order valence-electron chi connectivity index (χ1n) is 7.03. The zero-order valence-electron chi connectivity index (χ0n) is 12.6. The number of carbonyl (C=O) groups is 2. The molecule has 0 aromatic heterocycles. The van der Waals surface area contributed by atoms with Gasteiger partial charge in [-0.1, -0.05) is 41.9 Å². The van der Waals surface area contributed by atoms with Gasteiger partial charge in [-0.15, -0.1) is 0 Å². The van der Waals surface area contributed by atoms with Gasteiger partial charge in [0.05, 0.1) is 19.2 Å². The number of nitrogens with one attached hydrogen (secondary N) is 2. The van der Waals surface area contributed by atoms with Crippen molar-refractivity contribution in [2.24, 2.45) is 0 Å².